The zero-order valence-electron chi connectivity index (χ0n) is 18.7. The molecule has 0 heterocycles. The van der Waals surface area contributed by atoms with Crippen molar-refractivity contribution in [3.05, 3.63) is 101 Å². The van der Waals surface area contributed by atoms with Gasteiger partial charge in [0.25, 0.3) is 5.91 Å². The molecule has 1 N–H and O–H groups in total. The molecule has 0 fully saturated rings. The van der Waals surface area contributed by atoms with E-state index < -0.39 is 0 Å². The van der Waals surface area contributed by atoms with Crippen molar-refractivity contribution in [2.75, 3.05) is 6.54 Å². The van der Waals surface area contributed by atoms with E-state index in [1.165, 1.54) is 6.07 Å². The molecular formula is C27H30FNOS. The van der Waals surface area contributed by atoms with Crippen LogP contribution in [-0.2, 0) is 0 Å². The van der Waals surface area contributed by atoms with Crippen LogP contribution in [0.4, 0.5) is 4.39 Å². The monoisotopic (exact) mass is 435 g/mol. The van der Waals surface area contributed by atoms with Gasteiger partial charge < -0.3 is 5.32 Å². The molecule has 162 valence electrons. The molecular weight excluding hydrogens is 405 g/mol. The topological polar surface area (TPSA) is 29.1 Å². The summed E-state index contributed by atoms with van der Waals surface area (Å²) < 4.78 is 14.3. The number of hydrogen-bond acceptors (Lipinski definition) is 2. The number of halogens is 1. The molecule has 0 aromatic heterocycles. The van der Waals surface area contributed by atoms with E-state index in [-0.39, 0.29) is 11.7 Å². The van der Waals surface area contributed by atoms with Crippen LogP contribution in [0.15, 0.2) is 83.1 Å². The van der Waals surface area contributed by atoms with E-state index in [1.807, 2.05) is 76.2 Å². The lowest BCUT2D eigenvalue weighted by molar-refractivity contribution is 0.0953. The van der Waals surface area contributed by atoms with Crippen LogP contribution < -0.4 is 5.32 Å². The lowest BCUT2D eigenvalue weighted by Crippen LogP contribution is -2.23. The molecule has 0 saturated heterocycles. The van der Waals surface area contributed by atoms with E-state index >= 15 is 0 Å². The zero-order chi connectivity index (χ0) is 22.8. The number of hydrogen-bond donors (Lipinski definition) is 1. The van der Waals surface area contributed by atoms with Crippen LogP contribution in [0.1, 0.15) is 54.2 Å². The van der Waals surface area contributed by atoms with Gasteiger partial charge in [-0.15, -0.1) is 0 Å². The molecule has 0 bridgehead atoms. The van der Waals surface area contributed by atoms with Gasteiger partial charge in [0.05, 0.1) is 0 Å². The third-order valence-corrected chi connectivity index (χ3v) is 5.86. The summed E-state index contributed by atoms with van der Waals surface area (Å²) in [7, 11) is 0. The Hall–Kier alpha value is -2.85. The predicted octanol–water partition coefficient (Wildman–Crippen LogP) is 7.51. The second kappa shape index (κ2) is 12.1. The van der Waals surface area contributed by atoms with Crippen molar-refractivity contribution in [1.29, 1.82) is 0 Å². The molecule has 31 heavy (non-hydrogen) atoms. The first kappa shape index (κ1) is 24.4. The molecule has 0 aliphatic carbocycles. The second-order valence-corrected chi connectivity index (χ2v) is 7.88. The van der Waals surface area contributed by atoms with Crippen LogP contribution in [0.3, 0.4) is 0 Å². The van der Waals surface area contributed by atoms with Crippen molar-refractivity contribution in [2.45, 2.75) is 43.9 Å². The third kappa shape index (κ3) is 6.31. The van der Waals surface area contributed by atoms with Crippen LogP contribution in [0.5, 0.6) is 0 Å². The fourth-order valence-electron chi connectivity index (χ4n) is 3.02. The smallest absolute Gasteiger partial charge is 0.251 e. The van der Waals surface area contributed by atoms with Crippen molar-refractivity contribution in [1.82, 2.24) is 5.32 Å². The number of rotatable bonds is 7. The molecule has 0 atom stereocenters. The summed E-state index contributed by atoms with van der Waals surface area (Å²) in [6, 6.07) is 20.2. The van der Waals surface area contributed by atoms with E-state index in [4.69, 9.17) is 0 Å². The van der Waals surface area contributed by atoms with Crippen LogP contribution in [0, 0.1) is 12.7 Å². The van der Waals surface area contributed by atoms with E-state index in [1.54, 1.807) is 23.9 Å². The molecule has 4 heteroatoms. The second-order valence-electron chi connectivity index (χ2n) is 6.79. The van der Waals surface area contributed by atoms with Gasteiger partial charge >= 0.3 is 0 Å². The highest BCUT2D eigenvalue weighted by Crippen LogP contribution is 2.37. The first-order valence-electron chi connectivity index (χ1n) is 10.6. The number of carbonyl (C=O) groups is 1. The van der Waals surface area contributed by atoms with Gasteiger partial charge in [-0.05, 0) is 60.4 Å². The van der Waals surface area contributed by atoms with Crippen molar-refractivity contribution < 1.29 is 9.18 Å². The van der Waals surface area contributed by atoms with Gasteiger partial charge in [0.1, 0.15) is 5.82 Å². The first-order valence-corrected chi connectivity index (χ1v) is 11.4. The number of benzene rings is 3. The quantitative estimate of drug-likeness (QED) is 0.416. The predicted molar refractivity (Wildman–Crippen MR) is 130 cm³/mol. The molecule has 0 aliphatic rings. The van der Waals surface area contributed by atoms with Gasteiger partial charge in [0.2, 0.25) is 0 Å². The average molecular weight is 436 g/mol. The molecule has 0 spiro atoms. The molecule has 3 aromatic rings. The van der Waals surface area contributed by atoms with E-state index in [0.29, 0.717) is 23.2 Å². The Bertz CT molecular complexity index is 1040. The Morgan fingerprint density at radius 1 is 0.968 bits per heavy atom. The molecule has 1 amide bonds. The highest BCUT2D eigenvalue weighted by Gasteiger charge is 2.14. The molecule has 0 unspecified atom stereocenters. The summed E-state index contributed by atoms with van der Waals surface area (Å²) >= 11 is 1.59. The average Bonchev–Trinajstić information content (AvgIpc) is 2.80. The highest BCUT2D eigenvalue weighted by atomic mass is 32.2. The minimum atomic E-state index is -0.282. The maximum absolute atomic E-state index is 14.3. The lowest BCUT2D eigenvalue weighted by atomic mass is 9.99. The number of aryl methyl sites for hydroxylation is 1. The van der Waals surface area contributed by atoms with E-state index in [2.05, 4.69) is 11.9 Å². The van der Waals surface area contributed by atoms with Crippen LogP contribution in [-0.4, -0.2) is 12.5 Å². The lowest BCUT2D eigenvalue weighted by Gasteiger charge is -2.14. The molecule has 0 saturated carbocycles. The zero-order valence-corrected chi connectivity index (χ0v) is 19.5. The van der Waals surface area contributed by atoms with E-state index in [0.717, 1.165) is 27.3 Å². The molecule has 2 nitrogen and oxygen atoms in total. The standard InChI is InChI=1S/C25H24FNOS.C2H6/c1-4-15-27-25(28)19-13-14-23(17(2)16-19)29-24-12-8-6-10-21(24)18(3)20-9-5-7-11-22(20)26;1-2/h5-14,16H,3-4,15H2,1-2H3,(H,27,28);1-2H3. The van der Waals surface area contributed by atoms with Gasteiger partial charge in [0, 0.05) is 27.5 Å². The Kier molecular flexibility index (Phi) is 9.54. The van der Waals surface area contributed by atoms with Gasteiger partial charge in [-0.25, -0.2) is 4.39 Å². The summed E-state index contributed by atoms with van der Waals surface area (Å²) in [4.78, 5) is 14.2. The number of nitrogens with one attached hydrogen (secondary N) is 1. The fraction of sp³-hybridized carbons (Fsp3) is 0.222. The largest absolute Gasteiger partial charge is 0.352 e. The molecule has 3 rings (SSSR count). The van der Waals surface area contributed by atoms with Crippen LogP contribution >= 0.6 is 11.8 Å². The minimum Gasteiger partial charge on any atom is -0.352 e. The Morgan fingerprint density at radius 3 is 2.26 bits per heavy atom. The summed E-state index contributed by atoms with van der Waals surface area (Å²) in [6.07, 6.45) is 0.904. The first-order chi connectivity index (χ1) is 15.0. The van der Waals surface area contributed by atoms with Crippen LogP contribution in [0.25, 0.3) is 5.57 Å². The van der Waals surface area contributed by atoms with Crippen molar-refractivity contribution >= 4 is 23.2 Å². The van der Waals surface area contributed by atoms with Gasteiger partial charge in [-0.3, -0.25) is 4.79 Å². The number of carbonyl (C=O) groups excluding carboxylic acids is 1. The van der Waals surface area contributed by atoms with Crippen molar-refractivity contribution in [2.24, 2.45) is 0 Å². The van der Waals surface area contributed by atoms with Crippen LogP contribution in [0.2, 0.25) is 0 Å². The summed E-state index contributed by atoms with van der Waals surface area (Å²) in [5.74, 6) is -0.337. The van der Waals surface area contributed by atoms with Gasteiger partial charge in [-0.1, -0.05) is 75.5 Å². The summed E-state index contributed by atoms with van der Waals surface area (Å²) in [5, 5.41) is 2.90. The molecule has 3 aromatic carbocycles. The maximum atomic E-state index is 14.3. The third-order valence-electron chi connectivity index (χ3n) is 4.60. The summed E-state index contributed by atoms with van der Waals surface area (Å²) in [6.45, 7) is 12.8. The molecule has 0 aliphatic heterocycles. The molecule has 0 radical (unpaired) electrons. The highest BCUT2D eigenvalue weighted by molar-refractivity contribution is 7.99. The van der Waals surface area contributed by atoms with Crippen molar-refractivity contribution in [3.63, 3.8) is 0 Å². The minimum absolute atomic E-state index is 0.0557. The number of amides is 1. The maximum Gasteiger partial charge on any atom is 0.251 e. The Balaban J connectivity index is 0.00000166. The van der Waals surface area contributed by atoms with E-state index in [9.17, 15) is 9.18 Å². The SMILES string of the molecule is C=C(c1ccccc1F)c1ccccc1Sc1ccc(C(=O)NCCC)cc1C.CC. The van der Waals surface area contributed by atoms with Crippen molar-refractivity contribution in [3.8, 4) is 0 Å². The normalized spacial score (nSPS) is 10.1. The fourth-order valence-corrected chi connectivity index (χ4v) is 4.06. The Labute approximate surface area is 189 Å². The summed E-state index contributed by atoms with van der Waals surface area (Å²) in [5.41, 5.74) is 3.72. The van der Waals surface area contributed by atoms with Gasteiger partial charge in [-0.2, -0.15) is 0 Å². The van der Waals surface area contributed by atoms with Gasteiger partial charge in [0.15, 0.2) is 0 Å². The Morgan fingerprint density at radius 2 is 1.61 bits per heavy atom.